The fourth-order valence-electron chi connectivity index (χ4n) is 3.27. The van der Waals surface area contributed by atoms with E-state index in [0.29, 0.717) is 16.9 Å². The number of benzene rings is 2. The molecule has 0 aromatic heterocycles. The first-order valence-electron chi connectivity index (χ1n) is 9.68. The van der Waals surface area contributed by atoms with Crippen LogP contribution in [0.3, 0.4) is 0 Å². The summed E-state index contributed by atoms with van der Waals surface area (Å²) in [5.74, 6) is -1.27. The Bertz CT molecular complexity index is 857. The second kappa shape index (κ2) is 9.73. The number of nitrogens with zero attached hydrogens (tertiary/aromatic N) is 1. The van der Waals surface area contributed by atoms with Crippen molar-refractivity contribution >= 4 is 34.8 Å². The normalized spacial score (nSPS) is 13.5. The van der Waals surface area contributed by atoms with Crippen molar-refractivity contribution in [3.63, 3.8) is 0 Å². The first-order chi connectivity index (χ1) is 14.0. The third kappa shape index (κ3) is 5.81. The molecule has 1 saturated heterocycles. The van der Waals surface area contributed by atoms with Gasteiger partial charge in [0.25, 0.3) is 0 Å². The molecular weight excluding hydrogens is 370 g/mol. The Balaban J connectivity index is 1.48. The van der Waals surface area contributed by atoms with E-state index in [-0.39, 0.29) is 12.3 Å². The van der Waals surface area contributed by atoms with Gasteiger partial charge in [0.1, 0.15) is 6.42 Å². The molecule has 2 N–H and O–H groups in total. The molecule has 0 saturated carbocycles. The molecule has 2 aromatic carbocycles. The number of rotatable bonds is 6. The average molecular weight is 395 g/mol. The number of hydrogen-bond donors (Lipinski definition) is 2. The van der Waals surface area contributed by atoms with Crippen LogP contribution in [0.4, 0.5) is 17.1 Å². The molecule has 0 spiro atoms. The maximum Gasteiger partial charge on any atom is 0.337 e. The van der Waals surface area contributed by atoms with Gasteiger partial charge in [-0.2, -0.15) is 0 Å². The van der Waals surface area contributed by atoms with Crippen molar-refractivity contribution in [2.45, 2.75) is 25.7 Å². The zero-order chi connectivity index (χ0) is 20.6. The number of carbonyl (C=O) groups excluding carboxylic acids is 3. The third-order valence-electron chi connectivity index (χ3n) is 4.78. The minimum atomic E-state index is -0.450. The second-order valence-corrected chi connectivity index (χ2v) is 6.94. The maximum atomic E-state index is 12.1. The zero-order valence-electron chi connectivity index (χ0n) is 16.4. The molecule has 152 valence electrons. The quantitative estimate of drug-likeness (QED) is 0.578. The molecule has 1 heterocycles. The molecule has 0 radical (unpaired) electrons. The van der Waals surface area contributed by atoms with Gasteiger partial charge in [0.15, 0.2) is 0 Å². The van der Waals surface area contributed by atoms with Gasteiger partial charge >= 0.3 is 5.97 Å². The summed E-state index contributed by atoms with van der Waals surface area (Å²) in [5.41, 5.74) is 2.69. The summed E-state index contributed by atoms with van der Waals surface area (Å²) in [6, 6.07) is 13.9. The predicted octanol–water partition coefficient (Wildman–Crippen LogP) is 3.43. The summed E-state index contributed by atoms with van der Waals surface area (Å²) in [6.07, 6.45) is 3.40. The molecule has 29 heavy (non-hydrogen) atoms. The molecule has 7 heteroatoms. The van der Waals surface area contributed by atoms with Gasteiger partial charge in [0.05, 0.1) is 12.7 Å². The summed E-state index contributed by atoms with van der Waals surface area (Å²) in [6.45, 7) is 2.12. The van der Waals surface area contributed by atoms with Crippen LogP contribution in [-0.2, 0) is 14.3 Å². The fourth-order valence-corrected chi connectivity index (χ4v) is 3.27. The van der Waals surface area contributed by atoms with Crippen molar-refractivity contribution in [2.75, 3.05) is 35.7 Å². The highest BCUT2D eigenvalue weighted by atomic mass is 16.5. The van der Waals surface area contributed by atoms with Crippen molar-refractivity contribution in [1.29, 1.82) is 0 Å². The predicted molar refractivity (Wildman–Crippen MR) is 112 cm³/mol. The number of piperidine rings is 1. The van der Waals surface area contributed by atoms with Crippen LogP contribution < -0.4 is 15.5 Å². The Morgan fingerprint density at radius 1 is 0.828 bits per heavy atom. The summed E-state index contributed by atoms with van der Waals surface area (Å²) < 4.78 is 4.63. The van der Waals surface area contributed by atoms with Crippen molar-refractivity contribution in [3.8, 4) is 0 Å². The summed E-state index contributed by atoms with van der Waals surface area (Å²) in [4.78, 5) is 38.0. The molecule has 2 aromatic rings. The number of ether oxygens (including phenoxy) is 1. The molecule has 2 amide bonds. The first kappa shape index (κ1) is 20.4. The first-order valence-corrected chi connectivity index (χ1v) is 9.68. The highest BCUT2D eigenvalue weighted by Crippen LogP contribution is 2.22. The number of carbonyl (C=O) groups is 3. The van der Waals surface area contributed by atoms with Crippen LogP contribution in [-0.4, -0.2) is 38.0 Å². The van der Waals surface area contributed by atoms with Crippen LogP contribution in [0.25, 0.3) is 0 Å². The smallest absolute Gasteiger partial charge is 0.337 e. The van der Waals surface area contributed by atoms with Crippen molar-refractivity contribution in [2.24, 2.45) is 0 Å². The molecule has 1 fully saturated rings. The van der Waals surface area contributed by atoms with Crippen LogP contribution in [0.2, 0.25) is 0 Å². The number of esters is 1. The van der Waals surface area contributed by atoms with E-state index in [1.807, 2.05) is 24.3 Å². The van der Waals surface area contributed by atoms with Crippen LogP contribution in [0.15, 0.2) is 48.5 Å². The Morgan fingerprint density at radius 2 is 1.34 bits per heavy atom. The highest BCUT2D eigenvalue weighted by molar-refractivity contribution is 6.08. The van der Waals surface area contributed by atoms with Gasteiger partial charge in [-0.25, -0.2) is 4.79 Å². The molecule has 1 aliphatic heterocycles. The van der Waals surface area contributed by atoms with Gasteiger partial charge in [-0.15, -0.1) is 0 Å². The molecule has 0 bridgehead atoms. The summed E-state index contributed by atoms with van der Waals surface area (Å²) >= 11 is 0. The molecule has 3 rings (SSSR count). The van der Waals surface area contributed by atoms with Crippen LogP contribution in [0, 0.1) is 0 Å². The van der Waals surface area contributed by atoms with E-state index < -0.39 is 11.9 Å². The zero-order valence-corrected chi connectivity index (χ0v) is 16.4. The number of anilines is 3. The van der Waals surface area contributed by atoms with Gasteiger partial charge in [-0.05, 0) is 67.8 Å². The Kier molecular flexibility index (Phi) is 6.84. The highest BCUT2D eigenvalue weighted by Gasteiger charge is 2.13. The van der Waals surface area contributed by atoms with E-state index in [1.54, 1.807) is 24.3 Å². The summed E-state index contributed by atoms with van der Waals surface area (Å²) in [7, 11) is 1.30. The molecule has 0 aliphatic carbocycles. The van der Waals surface area contributed by atoms with Crippen LogP contribution >= 0.6 is 0 Å². The Hall–Kier alpha value is -3.35. The van der Waals surface area contributed by atoms with Gasteiger partial charge in [0, 0.05) is 30.2 Å². The molecular formula is C22H25N3O4. The lowest BCUT2D eigenvalue weighted by Crippen LogP contribution is -2.29. The van der Waals surface area contributed by atoms with Gasteiger partial charge in [-0.3, -0.25) is 9.59 Å². The molecule has 0 atom stereocenters. The monoisotopic (exact) mass is 395 g/mol. The topological polar surface area (TPSA) is 87.7 Å². The van der Waals surface area contributed by atoms with E-state index in [4.69, 9.17) is 0 Å². The second-order valence-electron chi connectivity index (χ2n) is 6.94. The number of methoxy groups -OCH3 is 1. The largest absolute Gasteiger partial charge is 0.465 e. The SMILES string of the molecule is COC(=O)c1ccc(NC(=O)CC(=O)Nc2ccc(N3CCCCC3)cc2)cc1. The third-order valence-corrected chi connectivity index (χ3v) is 4.78. The van der Waals surface area contributed by atoms with E-state index in [0.717, 1.165) is 18.8 Å². The summed E-state index contributed by atoms with van der Waals surface area (Å²) in [5, 5.41) is 5.38. The fraction of sp³-hybridized carbons (Fsp3) is 0.318. The van der Waals surface area contributed by atoms with Crippen LogP contribution in [0.1, 0.15) is 36.0 Å². The number of hydrogen-bond acceptors (Lipinski definition) is 5. The van der Waals surface area contributed by atoms with Crippen molar-refractivity contribution in [3.05, 3.63) is 54.1 Å². The molecule has 1 aliphatic rings. The van der Waals surface area contributed by atoms with E-state index in [9.17, 15) is 14.4 Å². The van der Waals surface area contributed by atoms with Gasteiger partial charge in [-0.1, -0.05) is 0 Å². The van der Waals surface area contributed by atoms with Crippen molar-refractivity contribution < 1.29 is 19.1 Å². The van der Waals surface area contributed by atoms with E-state index in [2.05, 4.69) is 20.3 Å². The van der Waals surface area contributed by atoms with E-state index >= 15 is 0 Å². The maximum absolute atomic E-state index is 12.1. The number of nitrogens with one attached hydrogen (secondary N) is 2. The number of amides is 2. The Labute approximate surface area is 170 Å². The van der Waals surface area contributed by atoms with Gasteiger partial charge in [0.2, 0.25) is 11.8 Å². The minimum absolute atomic E-state index is 0.299. The molecule has 0 unspecified atom stereocenters. The standard InChI is InChI=1S/C22H25N3O4/c1-29-22(28)16-5-7-17(8-6-16)23-20(26)15-21(27)24-18-9-11-19(12-10-18)25-13-3-2-4-14-25/h5-12H,2-4,13-15H2,1H3,(H,23,26)(H,24,27). The molecule has 7 nitrogen and oxygen atoms in total. The lowest BCUT2D eigenvalue weighted by Gasteiger charge is -2.28. The van der Waals surface area contributed by atoms with Crippen molar-refractivity contribution in [1.82, 2.24) is 0 Å². The van der Waals surface area contributed by atoms with Gasteiger partial charge < -0.3 is 20.3 Å². The lowest BCUT2D eigenvalue weighted by molar-refractivity contribution is -0.123. The Morgan fingerprint density at radius 3 is 1.86 bits per heavy atom. The lowest BCUT2D eigenvalue weighted by atomic mass is 10.1. The van der Waals surface area contributed by atoms with Crippen LogP contribution in [0.5, 0.6) is 0 Å². The average Bonchev–Trinajstić information content (AvgIpc) is 2.74. The van der Waals surface area contributed by atoms with E-state index in [1.165, 1.54) is 26.4 Å². The minimum Gasteiger partial charge on any atom is -0.465 e.